The van der Waals surface area contributed by atoms with E-state index in [0.29, 0.717) is 18.1 Å². The Labute approximate surface area is 255 Å². The topological polar surface area (TPSA) is 93.1 Å². The van der Waals surface area contributed by atoms with E-state index in [9.17, 15) is 9.59 Å². The van der Waals surface area contributed by atoms with E-state index in [2.05, 4.69) is 40.8 Å². The monoisotopic (exact) mass is 598 g/mol. The first kappa shape index (κ1) is 35.6. The maximum Gasteiger partial charge on any atom is 0.314 e. The van der Waals surface area contributed by atoms with Crippen molar-refractivity contribution >= 4 is 20.3 Å². The molecule has 0 atom stereocenters. The molecule has 2 fully saturated rings. The molecule has 2 aromatic carbocycles. The molecule has 4 rings (SSSR count). The van der Waals surface area contributed by atoms with Gasteiger partial charge in [0, 0.05) is 0 Å². The van der Waals surface area contributed by atoms with Crippen LogP contribution in [0, 0.1) is 11.8 Å². The molecule has 0 aliphatic heterocycles. The van der Waals surface area contributed by atoms with Crippen LogP contribution in [0.3, 0.4) is 0 Å². The number of ether oxygens (including phenoxy) is 1. The lowest BCUT2D eigenvalue weighted by molar-refractivity contribution is -0.143. The van der Waals surface area contributed by atoms with Crippen LogP contribution >= 0.6 is 0 Å². The molecular weight excluding hydrogens is 544 g/mol. The molecule has 0 amide bonds. The number of carboxylic acid groups (broad SMARTS) is 1. The van der Waals surface area contributed by atoms with E-state index < -0.39 is 14.3 Å². The Bertz CT molecular complexity index is 1060. The molecule has 0 unspecified atom stereocenters. The molecule has 6 nitrogen and oxygen atoms in total. The van der Waals surface area contributed by atoms with Gasteiger partial charge in [-0.3, -0.25) is 9.59 Å². The zero-order chi connectivity index (χ0) is 31.2. The zero-order valence-electron chi connectivity index (χ0n) is 26.8. The Kier molecular flexibility index (Phi) is 14.8. The number of phenolic OH excluding ortho intramolecular Hbond substituents is 1. The summed E-state index contributed by atoms with van der Waals surface area (Å²) in [5.41, 5.74) is 2.38. The number of hydrogen-bond donors (Lipinski definition) is 2. The van der Waals surface area contributed by atoms with Crippen molar-refractivity contribution in [1.82, 2.24) is 0 Å². The Hall–Kier alpha value is -2.64. The first-order chi connectivity index (χ1) is 19.8. The second-order valence-electron chi connectivity index (χ2n) is 13.1. The normalized spacial score (nSPS) is 16.3. The van der Waals surface area contributed by atoms with E-state index in [4.69, 9.17) is 19.4 Å². The van der Waals surface area contributed by atoms with Gasteiger partial charge in [0.05, 0.1) is 18.4 Å². The highest BCUT2D eigenvalue weighted by molar-refractivity contribution is 6.74. The number of carbonyl (C=O) groups is 2. The fourth-order valence-corrected chi connectivity index (χ4v) is 5.71. The Balaban J connectivity index is 0.000000277. The fraction of sp³-hybridized carbons (Fsp3) is 0.600. The lowest BCUT2D eigenvalue weighted by Crippen LogP contribution is -2.40. The van der Waals surface area contributed by atoms with Crippen molar-refractivity contribution in [2.75, 3.05) is 0 Å². The van der Waals surface area contributed by atoms with Crippen molar-refractivity contribution in [3.8, 4) is 11.5 Å². The van der Waals surface area contributed by atoms with Crippen molar-refractivity contribution < 1.29 is 29.0 Å². The molecule has 0 spiro atoms. The summed E-state index contributed by atoms with van der Waals surface area (Å²) >= 11 is 0. The zero-order valence-corrected chi connectivity index (χ0v) is 27.8. The molecule has 0 saturated heterocycles. The highest BCUT2D eigenvalue weighted by Gasteiger charge is 2.37. The van der Waals surface area contributed by atoms with E-state index in [1.165, 1.54) is 18.4 Å². The number of phenols is 1. The standard InChI is InChI=1S/C20H32O3Si.C8H10O.C7H12O2/c1-20(2,3)24(4,5)22-15-16-11-13-18(14-12-16)23-19(21)17-9-7-6-8-10-17;1-2-7-3-5-8(9)6-4-7;8-7(9)6-4-2-1-3-5-6/h11-14,17H,6-10,15H2,1-5H3;3-6,9H,2H2,1H3;6H,1-5H2,(H,8,9). The van der Waals surface area contributed by atoms with Gasteiger partial charge in [-0.25, -0.2) is 0 Å². The molecule has 2 N–H and O–H groups in total. The van der Waals surface area contributed by atoms with Crippen LogP contribution in [-0.4, -0.2) is 30.5 Å². The fourth-order valence-electron chi connectivity index (χ4n) is 4.75. The van der Waals surface area contributed by atoms with Gasteiger partial charge >= 0.3 is 11.9 Å². The van der Waals surface area contributed by atoms with Crippen molar-refractivity contribution in [2.45, 2.75) is 123 Å². The van der Waals surface area contributed by atoms with Crippen molar-refractivity contribution in [2.24, 2.45) is 11.8 Å². The summed E-state index contributed by atoms with van der Waals surface area (Å²) in [6, 6.07) is 15.0. The summed E-state index contributed by atoms with van der Waals surface area (Å²) in [6.07, 6.45) is 11.7. The van der Waals surface area contributed by atoms with Crippen molar-refractivity contribution in [3.05, 3.63) is 59.7 Å². The molecule has 0 heterocycles. The molecular formula is C35H54O6Si. The third-order valence-electron chi connectivity index (χ3n) is 8.79. The first-order valence-corrected chi connectivity index (χ1v) is 18.7. The number of hydrogen-bond acceptors (Lipinski definition) is 5. The van der Waals surface area contributed by atoms with Gasteiger partial charge in [0.15, 0.2) is 8.32 Å². The van der Waals surface area contributed by atoms with Gasteiger partial charge in [-0.15, -0.1) is 0 Å². The predicted octanol–water partition coefficient (Wildman–Crippen LogP) is 9.30. The number of aromatic hydroxyl groups is 1. The summed E-state index contributed by atoms with van der Waals surface area (Å²) in [7, 11) is -1.74. The Morgan fingerprint density at radius 3 is 1.69 bits per heavy atom. The number of carbonyl (C=O) groups excluding carboxylic acids is 1. The number of aliphatic carboxylic acids is 1. The minimum Gasteiger partial charge on any atom is -0.508 e. The smallest absolute Gasteiger partial charge is 0.314 e. The van der Waals surface area contributed by atoms with Crippen LogP contribution < -0.4 is 4.74 Å². The average molecular weight is 599 g/mol. The van der Waals surface area contributed by atoms with E-state index in [1.807, 2.05) is 36.4 Å². The number of carboxylic acids is 1. The molecule has 0 bridgehead atoms. The minimum atomic E-state index is -1.74. The molecule has 234 valence electrons. The predicted molar refractivity (Wildman–Crippen MR) is 172 cm³/mol. The third kappa shape index (κ3) is 12.7. The maximum absolute atomic E-state index is 12.2. The second-order valence-corrected chi connectivity index (χ2v) is 18.0. The molecule has 2 aliphatic carbocycles. The summed E-state index contributed by atoms with van der Waals surface area (Å²) in [4.78, 5) is 22.5. The highest BCUT2D eigenvalue weighted by Crippen LogP contribution is 2.37. The van der Waals surface area contributed by atoms with Gasteiger partial charge < -0.3 is 19.4 Å². The lowest BCUT2D eigenvalue weighted by atomic mass is 9.89. The van der Waals surface area contributed by atoms with Crippen LogP contribution in [0.25, 0.3) is 0 Å². The van der Waals surface area contributed by atoms with E-state index in [0.717, 1.165) is 63.4 Å². The summed E-state index contributed by atoms with van der Waals surface area (Å²) in [5.74, 6) is 0.364. The van der Waals surface area contributed by atoms with Crippen LogP contribution in [0.2, 0.25) is 18.1 Å². The van der Waals surface area contributed by atoms with Gasteiger partial charge in [-0.1, -0.05) is 90.5 Å². The molecule has 0 aromatic heterocycles. The minimum absolute atomic E-state index is 0.0289. The van der Waals surface area contributed by atoms with Gasteiger partial charge in [0.1, 0.15) is 11.5 Å². The van der Waals surface area contributed by atoms with Gasteiger partial charge in [-0.2, -0.15) is 0 Å². The van der Waals surface area contributed by atoms with Crippen LogP contribution in [0.15, 0.2) is 48.5 Å². The number of rotatable bonds is 7. The SMILES string of the molecule is CC(C)(C)[Si](C)(C)OCc1ccc(OC(=O)C2CCCCC2)cc1.CCc1ccc(O)cc1.O=C(O)C1CCCCC1. The van der Waals surface area contributed by atoms with Crippen molar-refractivity contribution in [3.63, 3.8) is 0 Å². The van der Waals surface area contributed by atoms with E-state index in [1.54, 1.807) is 12.1 Å². The van der Waals surface area contributed by atoms with Crippen LogP contribution in [0.4, 0.5) is 0 Å². The number of aryl methyl sites for hydroxylation is 1. The van der Waals surface area contributed by atoms with Gasteiger partial charge in [-0.05, 0) is 85.6 Å². The number of benzene rings is 2. The maximum atomic E-state index is 12.2. The molecule has 7 heteroatoms. The first-order valence-electron chi connectivity index (χ1n) is 15.8. The average Bonchev–Trinajstić information content (AvgIpc) is 2.98. The molecule has 42 heavy (non-hydrogen) atoms. The third-order valence-corrected chi connectivity index (χ3v) is 13.3. The number of esters is 1. The van der Waals surface area contributed by atoms with Crippen LogP contribution in [-0.2, 0) is 27.0 Å². The second kappa shape index (κ2) is 17.5. The largest absolute Gasteiger partial charge is 0.508 e. The summed E-state index contributed by atoms with van der Waals surface area (Å²) in [6.45, 7) is 14.0. The molecule has 2 aromatic rings. The highest BCUT2D eigenvalue weighted by atomic mass is 28.4. The van der Waals surface area contributed by atoms with Crippen LogP contribution in [0.1, 0.15) is 103 Å². The molecule has 2 aliphatic rings. The van der Waals surface area contributed by atoms with Gasteiger partial charge in [0.2, 0.25) is 0 Å². The van der Waals surface area contributed by atoms with Crippen LogP contribution in [0.5, 0.6) is 11.5 Å². The summed E-state index contributed by atoms with van der Waals surface area (Å²) in [5, 5.41) is 17.6. The molecule has 0 radical (unpaired) electrons. The van der Waals surface area contributed by atoms with E-state index >= 15 is 0 Å². The molecule has 2 saturated carbocycles. The quantitative estimate of drug-likeness (QED) is 0.187. The lowest BCUT2D eigenvalue weighted by Gasteiger charge is -2.36. The Morgan fingerprint density at radius 2 is 1.26 bits per heavy atom. The Morgan fingerprint density at radius 1 is 0.786 bits per heavy atom. The van der Waals surface area contributed by atoms with Gasteiger partial charge in [0.25, 0.3) is 0 Å². The summed E-state index contributed by atoms with van der Waals surface area (Å²) < 4.78 is 11.8. The van der Waals surface area contributed by atoms with E-state index in [-0.39, 0.29) is 22.8 Å². The van der Waals surface area contributed by atoms with Crippen molar-refractivity contribution in [1.29, 1.82) is 0 Å².